The molecule has 1 N–H and O–H groups in total. The van der Waals surface area contributed by atoms with Crippen LogP contribution in [0.3, 0.4) is 0 Å². The molecule has 174 valence electrons. The SMILES string of the molecule is COc1ccc(-n2c(C)nnc2SCC(=O)NCCS(=O)(=O)N2CCc3ccccc32)cc1. The summed E-state index contributed by atoms with van der Waals surface area (Å²) in [5.41, 5.74) is 2.61. The van der Waals surface area contributed by atoms with Crippen LogP contribution in [0.25, 0.3) is 5.69 Å². The first kappa shape index (κ1) is 23.1. The highest BCUT2D eigenvalue weighted by Crippen LogP contribution is 2.30. The molecule has 0 fully saturated rings. The number of benzene rings is 2. The van der Waals surface area contributed by atoms with Gasteiger partial charge in [-0.25, -0.2) is 8.42 Å². The van der Waals surface area contributed by atoms with Gasteiger partial charge in [-0.1, -0.05) is 30.0 Å². The summed E-state index contributed by atoms with van der Waals surface area (Å²) in [6.45, 7) is 2.32. The molecule has 1 amide bonds. The Morgan fingerprint density at radius 3 is 2.67 bits per heavy atom. The molecule has 11 heteroatoms. The standard InChI is InChI=1S/C22H25N5O4S2/c1-16-24-25-22(27(16)18-7-9-19(31-2)10-8-18)32-15-21(28)23-12-14-33(29,30)26-13-11-17-5-3-4-6-20(17)26/h3-10H,11-15H2,1-2H3,(H,23,28). The Morgan fingerprint density at radius 2 is 1.91 bits per heavy atom. The molecule has 0 radical (unpaired) electrons. The van der Waals surface area contributed by atoms with E-state index in [-0.39, 0.29) is 24.0 Å². The number of aromatic nitrogens is 3. The zero-order valence-corrected chi connectivity index (χ0v) is 20.0. The molecule has 0 spiro atoms. The average Bonchev–Trinajstić information content (AvgIpc) is 3.41. The Kier molecular flexibility index (Phi) is 6.89. The van der Waals surface area contributed by atoms with E-state index in [1.807, 2.05) is 60.0 Å². The Balaban J connectivity index is 1.31. The number of hydrogen-bond acceptors (Lipinski definition) is 7. The molecule has 0 saturated carbocycles. The van der Waals surface area contributed by atoms with Crippen molar-refractivity contribution in [3.8, 4) is 11.4 Å². The third-order valence-electron chi connectivity index (χ3n) is 5.32. The Bertz CT molecular complexity index is 1240. The molecule has 0 saturated heterocycles. The fourth-order valence-corrected chi connectivity index (χ4v) is 5.93. The van der Waals surface area contributed by atoms with Gasteiger partial charge in [0.1, 0.15) is 11.6 Å². The van der Waals surface area contributed by atoms with Crippen molar-refractivity contribution in [1.29, 1.82) is 0 Å². The first-order chi connectivity index (χ1) is 15.9. The summed E-state index contributed by atoms with van der Waals surface area (Å²) in [4.78, 5) is 12.3. The van der Waals surface area contributed by atoms with Crippen LogP contribution >= 0.6 is 11.8 Å². The number of methoxy groups -OCH3 is 1. The van der Waals surface area contributed by atoms with Gasteiger partial charge in [0.2, 0.25) is 15.9 Å². The lowest BCUT2D eigenvalue weighted by atomic mass is 10.2. The van der Waals surface area contributed by atoms with E-state index in [4.69, 9.17) is 4.74 Å². The van der Waals surface area contributed by atoms with Crippen molar-refractivity contribution in [2.45, 2.75) is 18.5 Å². The fourth-order valence-electron chi connectivity index (χ4n) is 3.67. The van der Waals surface area contributed by atoms with Gasteiger partial charge < -0.3 is 10.1 Å². The normalized spacial score (nSPS) is 13.1. The molecule has 2 aromatic carbocycles. The summed E-state index contributed by atoms with van der Waals surface area (Å²) in [6, 6.07) is 15.0. The molecule has 3 aromatic rings. The number of anilines is 1. The fraction of sp³-hybridized carbons (Fsp3) is 0.318. The number of para-hydroxylation sites is 1. The Morgan fingerprint density at radius 1 is 1.15 bits per heavy atom. The minimum Gasteiger partial charge on any atom is -0.497 e. The molecule has 0 aliphatic carbocycles. The molecule has 1 aromatic heterocycles. The summed E-state index contributed by atoms with van der Waals surface area (Å²) in [6.07, 6.45) is 0.701. The van der Waals surface area contributed by atoms with Gasteiger partial charge in [-0.3, -0.25) is 13.7 Å². The summed E-state index contributed by atoms with van der Waals surface area (Å²) >= 11 is 1.24. The molecule has 0 atom stereocenters. The number of hydrogen-bond donors (Lipinski definition) is 1. The summed E-state index contributed by atoms with van der Waals surface area (Å²) < 4.78 is 34.0. The second kappa shape index (κ2) is 9.84. The lowest BCUT2D eigenvalue weighted by Crippen LogP contribution is -2.37. The van der Waals surface area contributed by atoms with Crippen LogP contribution in [0.5, 0.6) is 5.75 Å². The highest BCUT2D eigenvalue weighted by atomic mass is 32.2. The number of nitrogens with one attached hydrogen (secondary N) is 1. The van der Waals surface area contributed by atoms with E-state index in [9.17, 15) is 13.2 Å². The number of nitrogens with zero attached hydrogens (tertiary/aromatic N) is 4. The van der Waals surface area contributed by atoms with Crippen LogP contribution in [0.4, 0.5) is 5.69 Å². The van der Waals surface area contributed by atoms with Crippen LogP contribution < -0.4 is 14.4 Å². The van der Waals surface area contributed by atoms with Crippen LogP contribution in [0, 0.1) is 6.92 Å². The van der Waals surface area contributed by atoms with E-state index < -0.39 is 10.0 Å². The van der Waals surface area contributed by atoms with Crippen LogP contribution in [-0.2, 0) is 21.2 Å². The van der Waals surface area contributed by atoms with E-state index in [2.05, 4.69) is 15.5 Å². The number of thioether (sulfide) groups is 1. The second-order valence-corrected chi connectivity index (χ2v) is 10.4. The maximum Gasteiger partial charge on any atom is 0.236 e. The first-order valence-electron chi connectivity index (χ1n) is 10.4. The number of carbonyl (C=O) groups is 1. The van der Waals surface area contributed by atoms with Crippen LogP contribution in [-0.4, -0.2) is 60.8 Å². The highest BCUT2D eigenvalue weighted by molar-refractivity contribution is 7.99. The van der Waals surface area contributed by atoms with Crippen molar-refractivity contribution in [3.63, 3.8) is 0 Å². The summed E-state index contributed by atoms with van der Waals surface area (Å²) in [5.74, 6) is 1.11. The van der Waals surface area contributed by atoms with Gasteiger partial charge in [0.25, 0.3) is 0 Å². The van der Waals surface area contributed by atoms with Gasteiger partial charge in [0, 0.05) is 18.8 Å². The highest BCUT2D eigenvalue weighted by Gasteiger charge is 2.28. The number of aryl methyl sites for hydroxylation is 1. The predicted octanol–water partition coefficient (Wildman–Crippen LogP) is 2.19. The lowest BCUT2D eigenvalue weighted by Gasteiger charge is -2.19. The Labute approximate surface area is 197 Å². The lowest BCUT2D eigenvalue weighted by molar-refractivity contribution is -0.118. The van der Waals surface area contributed by atoms with Gasteiger partial charge in [0.05, 0.1) is 24.3 Å². The van der Waals surface area contributed by atoms with Crippen molar-refractivity contribution in [2.24, 2.45) is 0 Å². The molecule has 9 nitrogen and oxygen atoms in total. The van der Waals surface area contributed by atoms with Crippen molar-refractivity contribution in [2.75, 3.05) is 36.0 Å². The van der Waals surface area contributed by atoms with Crippen molar-refractivity contribution >= 4 is 33.4 Å². The van der Waals surface area contributed by atoms with Crippen LogP contribution in [0.2, 0.25) is 0 Å². The summed E-state index contributed by atoms with van der Waals surface area (Å²) in [5, 5.41) is 11.6. The average molecular weight is 488 g/mol. The second-order valence-electron chi connectivity index (χ2n) is 7.47. The zero-order chi connectivity index (χ0) is 23.4. The van der Waals surface area contributed by atoms with Gasteiger partial charge >= 0.3 is 0 Å². The molecular formula is C22H25N5O4S2. The van der Waals surface area contributed by atoms with Crippen LogP contribution in [0.15, 0.2) is 53.7 Å². The number of sulfonamides is 1. The number of rotatable bonds is 9. The minimum absolute atomic E-state index is 0.0462. The van der Waals surface area contributed by atoms with Gasteiger partial charge in [-0.2, -0.15) is 0 Å². The van der Waals surface area contributed by atoms with Gasteiger partial charge in [0.15, 0.2) is 5.16 Å². The molecule has 1 aliphatic rings. The number of fused-ring (bicyclic) bond motifs is 1. The molecular weight excluding hydrogens is 462 g/mol. The number of amides is 1. The van der Waals surface area contributed by atoms with E-state index >= 15 is 0 Å². The van der Waals surface area contributed by atoms with E-state index in [1.165, 1.54) is 16.1 Å². The Hall–Kier alpha value is -3.05. The molecule has 33 heavy (non-hydrogen) atoms. The summed E-state index contributed by atoms with van der Waals surface area (Å²) in [7, 11) is -1.90. The molecule has 4 rings (SSSR count). The molecule has 2 heterocycles. The molecule has 0 bridgehead atoms. The van der Waals surface area contributed by atoms with Crippen molar-refractivity contribution in [1.82, 2.24) is 20.1 Å². The predicted molar refractivity (Wildman–Crippen MR) is 128 cm³/mol. The zero-order valence-electron chi connectivity index (χ0n) is 18.4. The smallest absolute Gasteiger partial charge is 0.236 e. The third kappa shape index (κ3) is 5.14. The van der Waals surface area contributed by atoms with Crippen molar-refractivity contribution in [3.05, 3.63) is 59.9 Å². The number of carbonyl (C=O) groups excluding carboxylic acids is 1. The van der Waals surface area contributed by atoms with Gasteiger partial charge in [-0.05, 0) is 49.2 Å². The van der Waals surface area contributed by atoms with Crippen molar-refractivity contribution < 1.29 is 17.9 Å². The maximum atomic E-state index is 12.7. The van der Waals surface area contributed by atoms with E-state index in [0.717, 1.165) is 22.7 Å². The monoisotopic (exact) mass is 487 g/mol. The topological polar surface area (TPSA) is 106 Å². The maximum absolute atomic E-state index is 12.7. The van der Waals surface area contributed by atoms with E-state index in [0.29, 0.717) is 23.9 Å². The number of ether oxygens (including phenoxy) is 1. The van der Waals surface area contributed by atoms with Gasteiger partial charge in [-0.15, -0.1) is 10.2 Å². The molecule has 0 unspecified atom stereocenters. The minimum atomic E-state index is -3.51. The third-order valence-corrected chi connectivity index (χ3v) is 8.02. The molecule has 1 aliphatic heterocycles. The first-order valence-corrected chi connectivity index (χ1v) is 13.0. The van der Waals surface area contributed by atoms with E-state index in [1.54, 1.807) is 7.11 Å². The quantitative estimate of drug-likeness (QED) is 0.461. The largest absolute Gasteiger partial charge is 0.497 e. The van der Waals surface area contributed by atoms with Crippen LogP contribution in [0.1, 0.15) is 11.4 Å².